The second-order valence-electron chi connectivity index (χ2n) is 7.81. The fraction of sp³-hybridized carbons (Fsp3) is 0.292. The maximum atomic E-state index is 14.0. The highest BCUT2D eigenvalue weighted by Crippen LogP contribution is 2.50. The smallest absolute Gasteiger partial charge is 0.336 e. The van der Waals surface area contributed by atoms with Gasteiger partial charge in [-0.05, 0) is 36.4 Å². The predicted molar refractivity (Wildman–Crippen MR) is 126 cm³/mol. The number of esters is 2. The van der Waals surface area contributed by atoms with E-state index in [4.69, 9.17) is 32.7 Å². The molecule has 1 aliphatic heterocycles. The van der Waals surface area contributed by atoms with Gasteiger partial charge in [-0.25, -0.2) is 4.79 Å². The molecule has 3 atom stereocenters. The molecule has 0 saturated carbocycles. The lowest BCUT2D eigenvalue weighted by molar-refractivity contribution is -0.149. The second-order valence-corrected chi connectivity index (χ2v) is 9.58. The standard InChI is InChI=1S/C24H21Cl2NO5S/c1-11-17(23(29)31-2)18(12-6-4-7-14(25)21(12)26)20-15(27-11)10-13(16-8-5-9-33-16)19(22(20)28)24(30)32-3/h4-9,13,18-19,27H,10H2,1-3H3/t13-,18+,19+/m0/s1. The van der Waals surface area contributed by atoms with E-state index in [0.29, 0.717) is 34.0 Å². The monoisotopic (exact) mass is 505 g/mol. The number of hydrogen-bond acceptors (Lipinski definition) is 7. The Hall–Kier alpha value is -2.61. The molecule has 1 aromatic carbocycles. The lowest BCUT2D eigenvalue weighted by Gasteiger charge is -2.39. The van der Waals surface area contributed by atoms with Gasteiger partial charge in [0.2, 0.25) is 0 Å². The van der Waals surface area contributed by atoms with Crippen LogP contribution in [0.3, 0.4) is 0 Å². The Morgan fingerprint density at radius 1 is 1.12 bits per heavy atom. The number of nitrogens with one attached hydrogen (secondary N) is 1. The van der Waals surface area contributed by atoms with Crippen LogP contribution in [0.1, 0.15) is 35.6 Å². The van der Waals surface area contributed by atoms with E-state index in [2.05, 4.69) is 5.32 Å². The van der Waals surface area contributed by atoms with Gasteiger partial charge in [-0.15, -0.1) is 11.3 Å². The van der Waals surface area contributed by atoms with Crippen molar-refractivity contribution in [1.29, 1.82) is 0 Å². The number of methoxy groups -OCH3 is 2. The van der Waals surface area contributed by atoms with Crippen LogP contribution in [0.2, 0.25) is 10.0 Å². The van der Waals surface area contributed by atoms with Gasteiger partial charge in [0.05, 0.1) is 29.8 Å². The van der Waals surface area contributed by atoms with E-state index >= 15 is 0 Å². The van der Waals surface area contributed by atoms with Crippen molar-refractivity contribution in [3.05, 3.63) is 78.7 Å². The first-order valence-electron chi connectivity index (χ1n) is 10.2. The van der Waals surface area contributed by atoms with Gasteiger partial charge in [0.1, 0.15) is 5.92 Å². The summed E-state index contributed by atoms with van der Waals surface area (Å²) in [4.78, 5) is 40.5. The largest absolute Gasteiger partial charge is 0.468 e. The third-order valence-electron chi connectivity index (χ3n) is 6.08. The molecule has 0 amide bonds. The van der Waals surface area contributed by atoms with Crippen molar-refractivity contribution >= 4 is 52.3 Å². The van der Waals surface area contributed by atoms with E-state index in [1.807, 2.05) is 17.5 Å². The number of benzene rings is 1. The first-order chi connectivity index (χ1) is 15.8. The number of ether oxygens (including phenoxy) is 2. The zero-order valence-electron chi connectivity index (χ0n) is 18.1. The zero-order valence-corrected chi connectivity index (χ0v) is 20.4. The number of dihydropyridines is 1. The molecule has 2 heterocycles. The van der Waals surface area contributed by atoms with Crippen LogP contribution in [0.25, 0.3) is 0 Å². The molecule has 0 bridgehead atoms. The second kappa shape index (κ2) is 9.33. The molecule has 1 aromatic heterocycles. The highest BCUT2D eigenvalue weighted by atomic mass is 35.5. The Morgan fingerprint density at radius 2 is 1.88 bits per heavy atom. The fourth-order valence-corrected chi connectivity index (χ4v) is 5.92. The van der Waals surface area contributed by atoms with E-state index in [0.717, 1.165) is 4.88 Å². The molecule has 172 valence electrons. The van der Waals surface area contributed by atoms with Crippen molar-refractivity contribution in [2.75, 3.05) is 14.2 Å². The number of carbonyl (C=O) groups is 3. The minimum Gasteiger partial charge on any atom is -0.468 e. The number of Topliss-reactive ketones (excluding diaryl/α,β-unsaturated/α-hetero) is 1. The molecular formula is C24H21Cl2NO5S. The van der Waals surface area contributed by atoms with Crippen molar-refractivity contribution in [3.8, 4) is 0 Å². The van der Waals surface area contributed by atoms with E-state index in [1.165, 1.54) is 25.6 Å². The highest BCUT2D eigenvalue weighted by molar-refractivity contribution is 7.10. The third-order valence-corrected chi connectivity index (χ3v) is 7.92. The summed E-state index contributed by atoms with van der Waals surface area (Å²) in [5, 5.41) is 5.66. The summed E-state index contributed by atoms with van der Waals surface area (Å²) in [7, 11) is 2.54. The van der Waals surface area contributed by atoms with Gasteiger partial charge in [-0.3, -0.25) is 9.59 Å². The summed E-state index contributed by atoms with van der Waals surface area (Å²) in [6, 6.07) is 8.84. The number of carbonyl (C=O) groups excluding carboxylic acids is 3. The molecular weight excluding hydrogens is 485 g/mol. The molecule has 9 heteroatoms. The van der Waals surface area contributed by atoms with Crippen LogP contribution in [-0.4, -0.2) is 31.9 Å². The highest BCUT2D eigenvalue weighted by Gasteiger charge is 2.49. The molecule has 2 aliphatic rings. The molecule has 33 heavy (non-hydrogen) atoms. The van der Waals surface area contributed by atoms with Crippen LogP contribution in [0, 0.1) is 5.92 Å². The number of thiophene rings is 1. The van der Waals surface area contributed by atoms with Gasteiger partial charge in [0, 0.05) is 33.7 Å². The van der Waals surface area contributed by atoms with Crippen LogP contribution in [0.15, 0.2) is 58.3 Å². The Balaban J connectivity index is 1.95. The number of halogens is 2. The molecule has 1 N–H and O–H groups in total. The molecule has 0 saturated heterocycles. The average molecular weight is 506 g/mol. The molecule has 0 fully saturated rings. The molecule has 0 radical (unpaired) electrons. The number of allylic oxidation sites excluding steroid dienone is 3. The lowest BCUT2D eigenvalue weighted by Crippen LogP contribution is -2.43. The summed E-state index contributed by atoms with van der Waals surface area (Å²) < 4.78 is 10.1. The Kier molecular flexibility index (Phi) is 6.66. The van der Waals surface area contributed by atoms with Gasteiger partial charge < -0.3 is 14.8 Å². The topological polar surface area (TPSA) is 81.7 Å². The van der Waals surface area contributed by atoms with Gasteiger partial charge in [-0.2, -0.15) is 0 Å². The van der Waals surface area contributed by atoms with Gasteiger partial charge in [0.15, 0.2) is 5.78 Å². The Labute approximate surface area is 205 Å². The summed E-state index contributed by atoms with van der Waals surface area (Å²) in [6.07, 6.45) is 0.391. The minimum absolute atomic E-state index is 0.231. The molecule has 0 spiro atoms. The quantitative estimate of drug-likeness (QED) is 0.465. The number of hydrogen-bond donors (Lipinski definition) is 1. The van der Waals surface area contributed by atoms with Crippen molar-refractivity contribution in [2.24, 2.45) is 5.92 Å². The molecule has 1 aliphatic carbocycles. The first-order valence-corrected chi connectivity index (χ1v) is 11.8. The lowest BCUT2D eigenvalue weighted by atomic mass is 9.68. The number of ketones is 1. The summed E-state index contributed by atoms with van der Waals surface area (Å²) in [5.74, 6) is -3.92. The van der Waals surface area contributed by atoms with Crippen LogP contribution in [0.5, 0.6) is 0 Å². The van der Waals surface area contributed by atoms with Crippen molar-refractivity contribution in [1.82, 2.24) is 5.32 Å². The van der Waals surface area contributed by atoms with Crippen LogP contribution >= 0.6 is 34.5 Å². The molecule has 6 nitrogen and oxygen atoms in total. The number of rotatable bonds is 4. The molecule has 2 aromatic rings. The first kappa shape index (κ1) is 23.5. The van der Waals surface area contributed by atoms with Crippen molar-refractivity contribution in [2.45, 2.75) is 25.2 Å². The maximum Gasteiger partial charge on any atom is 0.336 e. The van der Waals surface area contributed by atoms with Gasteiger partial charge >= 0.3 is 11.9 Å². The van der Waals surface area contributed by atoms with Crippen molar-refractivity contribution < 1.29 is 23.9 Å². The SMILES string of the molecule is COC(=O)C1=C(C)NC2=C(C(=O)[C@H](C(=O)OC)[C@H](c3cccs3)C2)[C@@H]1c1cccc(Cl)c1Cl. The summed E-state index contributed by atoms with van der Waals surface area (Å²) in [6.45, 7) is 1.75. The zero-order chi connectivity index (χ0) is 23.9. The molecule has 4 rings (SSSR count). The van der Waals surface area contributed by atoms with E-state index < -0.39 is 29.6 Å². The maximum absolute atomic E-state index is 14.0. The molecule has 0 unspecified atom stereocenters. The fourth-order valence-electron chi connectivity index (χ4n) is 4.64. The van der Waals surface area contributed by atoms with Gasteiger partial charge in [0.25, 0.3) is 0 Å². The Bertz CT molecular complexity index is 1200. The van der Waals surface area contributed by atoms with Crippen molar-refractivity contribution in [3.63, 3.8) is 0 Å². The van der Waals surface area contributed by atoms with Crippen LogP contribution in [0.4, 0.5) is 0 Å². The van der Waals surface area contributed by atoms with Crippen LogP contribution in [-0.2, 0) is 23.9 Å². The van der Waals surface area contributed by atoms with E-state index in [1.54, 1.807) is 25.1 Å². The van der Waals surface area contributed by atoms with E-state index in [9.17, 15) is 14.4 Å². The minimum atomic E-state index is -1.05. The third kappa shape index (κ3) is 3.98. The average Bonchev–Trinajstić information content (AvgIpc) is 3.34. The predicted octanol–water partition coefficient (Wildman–Crippen LogP) is 4.99. The van der Waals surface area contributed by atoms with Crippen LogP contribution < -0.4 is 5.32 Å². The summed E-state index contributed by atoms with van der Waals surface area (Å²) in [5.41, 5.74) is 2.23. The van der Waals surface area contributed by atoms with E-state index in [-0.39, 0.29) is 16.5 Å². The summed E-state index contributed by atoms with van der Waals surface area (Å²) >= 11 is 14.3. The van der Waals surface area contributed by atoms with Gasteiger partial charge in [-0.1, -0.05) is 41.4 Å². The Morgan fingerprint density at radius 3 is 2.52 bits per heavy atom. The normalized spacial score (nSPS) is 22.6.